The van der Waals surface area contributed by atoms with Crippen LogP contribution in [0.4, 0.5) is 17.6 Å². The molecule has 1 rings (SSSR count). The molecule has 16 heavy (non-hydrogen) atoms. The van der Waals surface area contributed by atoms with Crippen molar-refractivity contribution in [2.45, 2.75) is 6.36 Å². The van der Waals surface area contributed by atoms with Crippen molar-refractivity contribution in [3.05, 3.63) is 23.8 Å². The third-order valence-electron chi connectivity index (χ3n) is 1.48. The summed E-state index contributed by atoms with van der Waals surface area (Å²) in [4.78, 5) is 14.1. The number of methoxy groups -OCH3 is 1. The van der Waals surface area contributed by atoms with Crippen molar-refractivity contribution >= 4 is 5.97 Å². The van der Waals surface area contributed by atoms with E-state index in [-0.39, 0.29) is 0 Å². The minimum atomic E-state index is -5.04. The van der Waals surface area contributed by atoms with E-state index in [0.29, 0.717) is 12.4 Å². The van der Waals surface area contributed by atoms with Crippen molar-refractivity contribution in [1.82, 2.24) is 4.98 Å². The number of alkyl halides is 3. The first-order valence-electron chi connectivity index (χ1n) is 3.82. The molecule has 0 aliphatic rings. The average molecular weight is 239 g/mol. The van der Waals surface area contributed by atoms with E-state index in [2.05, 4.69) is 14.5 Å². The van der Waals surface area contributed by atoms with Gasteiger partial charge in [-0.15, -0.1) is 13.2 Å². The fourth-order valence-electron chi connectivity index (χ4n) is 0.919. The minimum Gasteiger partial charge on any atom is -0.465 e. The van der Waals surface area contributed by atoms with E-state index in [1.807, 2.05) is 0 Å². The van der Waals surface area contributed by atoms with Crippen molar-refractivity contribution in [2.75, 3.05) is 7.11 Å². The Labute approximate surface area is 86.8 Å². The zero-order valence-electron chi connectivity index (χ0n) is 7.84. The zero-order valence-corrected chi connectivity index (χ0v) is 7.84. The van der Waals surface area contributed by atoms with Crippen molar-refractivity contribution in [3.63, 3.8) is 0 Å². The van der Waals surface area contributed by atoms with E-state index in [1.54, 1.807) is 0 Å². The van der Waals surface area contributed by atoms with Crippen LogP contribution >= 0.6 is 0 Å². The van der Waals surface area contributed by atoms with Gasteiger partial charge in [-0.2, -0.15) is 0 Å². The number of rotatable bonds is 2. The molecule has 1 aromatic heterocycles. The smallest absolute Gasteiger partial charge is 0.465 e. The predicted octanol–water partition coefficient (Wildman–Crippen LogP) is 1.91. The third kappa shape index (κ3) is 2.81. The van der Waals surface area contributed by atoms with Gasteiger partial charge in [0, 0.05) is 0 Å². The van der Waals surface area contributed by atoms with Gasteiger partial charge in [0.1, 0.15) is 5.56 Å². The number of ether oxygens (including phenoxy) is 2. The van der Waals surface area contributed by atoms with E-state index in [4.69, 9.17) is 0 Å². The van der Waals surface area contributed by atoms with Gasteiger partial charge in [0.2, 0.25) is 0 Å². The second-order valence-electron chi connectivity index (χ2n) is 2.53. The highest BCUT2D eigenvalue weighted by Gasteiger charge is 2.34. The standard InChI is InChI=1S/C8H5F4NO3/c1-15-7(14)6-4(9)2-13-3-5(6)16-8(10,11)12/h2-3H,1H3. The van der Waals surface area contributed by atoms with E-state index >= 15 is 0 Å². The van der Waals surface area contributed by atoms with Crippen LogP contribution < -0.4 is 4.74 Å². The lowest BCUT2D eigenvalue weighted by Crippen LogP contribution is -2.20. The summed E-state index contributed by atoms with van der Waals surface area (Å²) in [6, 6.07) is 0. The predicted molar refractivity (Wildman–Crippen MR) is 42.2 cm³/mol. The molecule has 88 valence electrons. The molecule has 0 radical (unpaired) electrons. The molecule has 0 saturated carbocycles. The van der Waals surface area contributed by atoms with Crippen LogP contribution in [0.15, 0.2) is 12.4 Å². The summed E-state index contributed by atoms with van der Waals surface area (Å²) in [7, 11) is 0.902. The summed E-state index contributed by atoms with van der Waals surface area (Å²) in [5.41, 5.74) is -0.949. The number of hydrogen-bond acceptors (Lipinski definition) is 4. The summed E-state index contributed by atoms with van der Waals surface area (Å²) in [6.07, 6.45) is -3.89. The fraction of sp³-hybridized carbons (Fsp3) is 0.250. The van der Waals surface area contributed by atoms with Crippen molar-refractivity contribution in [3.8, 4) is 5.75 Å². The van der Waals surface area contributed by atoms with Gasteiger partial charge in [0.15, 0.2) is 11.6 Å². The highest BCUT2D eigenvalue weighted by molar-refractivity contribution is 5.92. The topological polar surface area (TPSA) is 48.4 Å². The van der Waals surface area contributed by atoms with E-state index < -0.39 is 29.5 Å². The third-order valence-corrected chi connectivity index (χ3v) is 1.48. The molecule has 8 heteroatoms. The van der Waals surface area contributed by atoms with Gasteiger partial charge in [-0.3, -0.25) is 4.98 Å². The molecule has 1 heterocycles. The molecule has 0 aliphatic heterocycles. The maximum atomic E-state index is 13.1. The van der Waals surface area contributed by atoms with Crippen LogP contribution in [0.2, 0.25) is 0 Å². The normalized spacial score (nSPS) is 11.1. The molecule has 0 N–H and O–H groups in total. The lowest BCUT2D eigenvalue weighted by molar-refractivity contribution is -0.274. The Bertz CT molecular complexity index is 405. The molecule has 0 unspecified atom stereocenters. The number of halogens is 4. The fourth-order valence-corrected chi connectivity index (χ4v) is 0.919. The molecule has 0 fully saturated rings. The summed E-state index contributed by atoms with van der Waals surface area (Å²) < 4.78 is 56.3. The average Bonchev–Trinajstić information content (AvgIpc) is 2.14. The van der Waals surface area contributed by atoms with E-state index in [9.17, 15) is 22.4 Å². The Morgan fingerprint density at radius 1 is 1.38 bits per heavy atom. The lowest BCUT2D eigenvalue weighted by Gasteiger charge is -2.11. The van der Waals surface area contributed by atoms with Crippen LogP contribution in [-0.4, -0.2) is 24.4 Å². The summed E-state index contributed by atoms with van der Waals surface area (Å²) >= 11 is 0. The minimum absolute atomic E-state index is 0.572. The number of nitrogens with zero attached hydrogens (tertiary/aromatic N) is 1. The molecule has 0 spiro atoms. The Morgan fingerprint density at radius 3 is 2.50 bits per heavy atom. The molecular weight excluding hydrogens is 234 g/mol. The zero-order chi connectivity index (χ0) is 12.3. The first-order valence-corrected chi connectivity index (χ1v) is 3.82. The maximum Gasteiger partial charge on any atom is 0.573 e. The number of esters is 1. The number of carbonyl (C=O) groups excluding carboxylic acids is 1. The number of aromatic nitrogens is 1. The first-order chi connectivity index (χ1) is 7.35. The highest BCUT2D eigenvalue weighted by atomic mass is 19.4. The number of carbonyl (C=O) groups is 1. The summed E-state index contributed by atoms with van der Waals surface area (Å²) in [5, 5.41) is 0. The van der Waals surface area contributed by atoms with Crippen LogP contribution in [0.25, 0.3) is 0 Å². The van der Waals surface area contributed by atoms with Gasteiger partial charge in [-0.25, -0.2) is 9.18 Å². The summed E-state index contributed by atoms with van der Waals surface area (Å²) in [6.45, 7) is 0. The van der Waals surface area contributed by atoms with Crippen molar-refractivity contribution < 1.29 is 31.8 Å². The van der Waals surface area contributed by atoms with Crippen LogP contribution in [0.1, 0.15) is 10.4 Å². The van der Waals surface area contributed by atoms with Crippen LogP contribution in [0.3, 0.4) is 0 Å². The molecule has 1 aromatic rings. The van der Waals surface area contributed by atoms with Gasteiger partial charge in [0.25, 0.3) is 0 Å². The largest absolute Gasteiger partial charge is 0.573 e. The van der Waals surface area contributed by atoms with Gasteiger partial charge in [-0.1, -0.05) is 0 Å². The van der Waals surface area contributed by atoms with Crippen LogP contribution in [0.5, 0.6) is 5.75 Å². The molecule has 4 nitrogen and oxygen atoms in total. The molecule has 0 bridgehead atoms. The molecule has 0 saturated heterocycles. The molecule has 0 aromatic carbocycles. The highest BCUT2D eigenvalue weighted by Crippen LogP contribution is 2.27. The quantitative estimate of drug-likeness (QED) is 0.584. The second-order valence-corrected chi connectivity index (χ2v) is 2.53. The SMILES string of the molecule is COC(=O)c1c(F)cncc1OC(F)(F)F. The Kier molecular flexibility index (Phi) is 3.31. The van der Waals surface area contributed by atoms with Crippen LogP contribution in [0, 0.1) is 5.82 Å². The van der Waals surface area contributed by atoms with Crippen molar-refractivity contribution in [2.24, 2.45) is 0 Å². The lowest BCUT2D eigenvalue weighted by atomic mass is 10.2. The maximum absolute atomic E-state index is 13.1. The van der Waals surface area contributed by atoms with Crippen LogP contribution in [-0.2, 0) is 4.74 Å². The van der Waals surface area contributed by atoms with Gasteiger partial charge >= 0.3 is 12.3 Å². The Hall–Kier alpha value is -1.86. The Morgan fingerprint density at radius 2 is 2.00 bits per heavy atom. The molecule has 0 amide bonds. The van der Waals surface area contributed by atoms with Gasteiger partial charge in [-0.05, 0) is 0 Å². The first kappa shape index (κ1) is 12.2. The molecule has 0 aliphatic carbocycles. The number of hydrogen-bond donors (Lipinski definition) is 0. The molecule has 0 atom stereocenters. The summed E-state index contributed by atoms with van der Waals surface area (Å²) in [5.74, 6) is -3.58. The van der Waals surface area contributed by atoms with Crippen molar-refractivity contribution in [1.29, 1.82) is 0 Å². The monoisotopic (exact) mass is 239 g/mol. The van der Waals surface area contributed by atoms with Gasteiger partial charge in [0.05, 0.1) is 19.5 Å². The second kappa shape index (κ2) is 4.33. The van der Waals surface area contributed by atoms with E-state index in [1.165, 1.54) is 0 Å². The van der Waals surface area contributed by atoms with Gasteiger partial charge < -0.3 is 9.47 Å². The molecular formula is C8H5F4NO3. The van der Waals surface area contributed by atoms with E-state index in [0.717, 1.165) is 7.11 Å². The number of pyridine rings is 1. The Balaban J connectivity index is 3.18.